The predicted octanol–water partition coefficient (Wildman–Crippen LogP) is 4.69. The molecule has 0 aromatic heterocycles. The number of ether oxygens (including phenoxy) is 1. The lowest BCUT2D eigenvalue weighted by Gasteiger charge is -2.17. The fourth-order valence-corrected chi connectivity index (χ4v) is 4.66. The molecule has 1 heterocycles. The van der Waals surface area contributed by atoms with E-state index in [2.05, 4.69) is 10.3 Å². The lowest BCUT2D eigenvalue weighted by Crippen LogP contribution is -2.33. The summed E-state index contributed by atoms with van der Waals surface area (Å²) in [6, 6.07) is 18.9. The van der Waals surface area contributed by atoms with Crippen LogP contribution < -0.4 is 10.1 Å². The van der Waals surface area contributed by atoms with E-state index in [1.165, 1.54) is 41.3 Å². The Morgan fingerprint density at radius 3 is 2.42 bits per heavy atom. The number of halogens is 1. The van der Waals surface area contributed by atoms with Crippen molar-refractivity contribution in [3.8, 4) is 5.75 Å². The van der Waals surface area contributed by atoms with Crippen molar-refractivity contribution in [3.05, 3.63) is 89.7 Å². The van der Waals surface area contributed by atoms with Gasteiger partial charge in [0.2, 0.25) is 11.8 Å². The zero-order chi connectivity index (χ0) is 25.7. The van der Waals surface area contributed by atoms with Crippen LogP contribution in [0.4, 0.5) is 15.8 Å². The minimum Gasteiger partial charge on any atom is -0.497 e. The number of hydrogen-bond donors (Lipinski definition) is 2. The Balaban J connectivity index is 1.53. The SMILES string of the molecule is COc1ccc(CN2C(=O)[C@H](CC(=O)Nc3ccc(C(=O)O)cc3)SC2=Nc2ccccc2F)cc1. The Morgan fingerprint density at radius 2 is 1.78 bits per heavy atom. The number of hydrogen-bond acceptors (Lipinski definition) is 6. The van der Waals surface area contributed by atoms with Crippen molar-refractivity contribution in [1.82, 2.24) is 4.90 Å². The molecule has 1 fully saturated rings. The molecule has 184 valence electrons. The number of methoxy groups -OCH3 is 1. The van der Waals surface area contributed by atoms with E-state index in [0.29, 0.717) is 16.6 Å². The Labute approximate surface area is 210 Å². The number of benzene rings is 3. The molecule has 1 atom stereocenters. The van der Waals surface area contributed by atoms with Crippen LogP contribution in [0, 0.1) is 5.82 Å². The largest absolute Gasteiger partial charge is 0.497 e. The molecule has 0 unspecified atom stereocenters. The quantitative estimate of drug-likeness (QED) is 0.458. The van der Waals surface area contributed by atoms with Gasteiger partial charge in [0.15, 0.2) is 5.17 Å². The molecular formula is C26H22FN3O5S. The Bertz CT molecular complexity index is 1310. The van der Waals surface area contributed by atoms with Crippen molar-refractivity contribution < 1.29 is 28.6 Å². The second-order valence-corrected chi connectivity index (χ2v) is 9.03. The van der Waals surface area contributed by atoms with Crippen LogP contribution in [-0.2, 0) is 16.1 Å². The highest BCUT2D eigenvalue weighted by Gasteiger charge is 2.39. The molecular weight excluding hydrogens is 485 g/mol. The van der Waals surface area contributed by atoms with E-state index in [1.807, 2.05) is 12.1 Å². The molecule has 0 radical (unpaired) electrons. The van der Waals surface area contributed by atoms with E-state index in [9.17, 15) is 18.8 Å². The first-order chi connectivity index (χ1) is 17.3. The summed E-state index contributed by atoms with van der Waals surface area (Å²) in [5.74, 6) is -1.65. The molecule has 10 heteroatoms. The van der Waals surface area contributed by atoms with Gasteiger partial charge in [-0.1, -0.05) is 36.0 Å². The van der Waals surface area contributed by atoms with Crippen LogP contribution in [0.3, 0.4) is 0 Å². The number of rotatable bonds is 8. The molecule has 0 aliphatic carbocycles. The number of nitrogens with zero attached hydrogens (tertiary/aromatic N) is 2. The van der Waals surface area contributed by atoms with Gasteiger partial charge in [0.25, 0.3) is 0 Å². The second-order valence-electron chi connectivity index (χ2n) is 7.86. The number of amides is 2. The third-order valence-electron chi connectivity index (χ3n) is 5.37. The van der Waals surface area contributed by atoms with Crippen LogP contribution in [-0.4, -0.2) is 45.3 Å². The number of nitrogens with one attached hydrogen (secondary N) is 1. The fraction of sp³-hybridized carbons (Fsp3) is 0.154. The summed E-state index contributed by atoms with van der Waals surface area (Å²) >= 11 is 1.10. The molecule has 0 bridgehead atoms. The van der Waals surface area contributed by atoms with Gasteiger partial charge < -0.3 is 15.2 Å². The lowest BCUT2D eigenvalue weighted by molar-refractivity contribution is -0.128. The lowest BCUT2D eigenvalue weighted by atomic mass is 10.2. The van der Waals surface area contributed by atoms with Gasteiger partial charge in [0.05, 0.1) is 19.2 Å². The highest BCUT2D eigenvalue weighted by atomic mass is 32.2. The highest BCUT2D eigenvalue weighted by Crippen LogP contribution is 2.34. The van der Waals surface area contributed by atoms with Gasteiger partial charge in [-0.2, -0.15) is 0 Å². The summed E-state index contributed by atoms with van der Waals surface area (Å²) in [5, 5.41) is 11.2. The molecule has 2 N–H and O–H groups in total. The van der Waals surface area contributed by atoms with E-state index < -0.39 is 22.9 Å². The van der Waals surface area contributed by atoms with Crippen LogP contribution in [0.25, 0.3) is 0 Å². The molecule has 4 rings (SSSR count). The molecule has 0 saturated carbocycles. The molecule has 2 amide bonds. The third kappa shape index (κ3) is 5.89. The van der Waals surface area contributed by atoms with Crippen molar-refractivity contribution >= 4 is 46.1 Å². The molecule has 3 aromatic rings. The number of aliphatic imine (C=N–C) groups is 1. The zero-order valence-corrected chi connectivity index (χ0v) is 20.0. The maximum Gasteiger partial charge on any atom is 0.335 e. The van der Waals surface area contributed by atoms with Gasteiger partial charge in [0, 0.05) is 12.1 Å². The molecule has 8 nitrogen and oxygen atoms in total. The fourth-order valence-electron chi connectivity index (χ4n) is 3.51. The van der Waals surface area contributed by atoms with E-state index in [0.717, 1.165) is 17.3 Å². The molecule has 3 aromatic carbocycles. The van der Waals surface area contributed by atoms with Crippen LogP contribution in [0.1, 0.15) is 22.3 Å². The van der Waals surface area contributed by atoms with Gasteiger partial charge in [0.1, 0.15) is 22.5 Å². The topological polar surface area (TPSA) is 108 Å². The predicted molar refractivity (Wildman–Crippen MR) is 135 cm³/mol. The Morgan fingerprint density at radius 1 is 1.08 bits per heavy atom. The second kappa shape index (κ2) is 11.0. The minimum absolute atomic E-state index is 0.0937. The molecule has 1 aliphatic heterocycles. The normalized spacial score (nSPS) is 16.3. The van der Waals surface area contributed by atoms with Crippen molar-refractivity contribution in [1.29, 1.82) is 0 Å². The summed E-state index contributed by atoms with van der Waals surface area (Å²) in [4.78, 5) is 42.8. The number of amidine groups is 1. The number of carbonyl (C=O) groups excluding carboxylic acids is 2. The van der Waals surface area contributed by atoms with E-state index in [4.69, 9.17) is 9.84 Å². The van der Waals surface area contributed by atoms with Gasteiger partial charge in [-0.25, -0.2) is 14.2 Å². The average molecular weight is 508 g/mol. The minimum atomic E-state index is -1.07. The summed E-state index contributed by atoms with van der Waals surface area (Å²) in [6.07, 6.45) is -0.139. The summed E-state index contributed by atoms with van der Waals surface area (Å²) in [7, 11) is 1.56. The first kappa shape index (κ1) is 24.9. The van der Waals surface area contributed by atoms with E-state index in [1.54, 1.807) is 31.4 Å². The Kier molecular flexibility index (Phi) is 7.65. The first-order valence-electron chi connectivity index (χ1n) is 10.9. The van der Waals surface area contributed by atoms with Crippen LogP contribution in [0.15, 0.2) is 77.8 Å². The van der Waals surface area contributed by atoms with E-state index >= 15 is 0 Å². The number of aromatic carboxylic acids is 1. The van der Waals surface area contributed by atoms with Gasteiger partial charge in [-0.15, -0.1) is 0 Å². The van der Waals surface area contributed by atoms with Crippen molar-refractivity contribution in [2.24, 2.45) is 4.99 Å². The molecule has 1 saturated heterocycles. The van der Waals surface area contributed by atoms with Crippen LogP contribution in [0.2, 0.25) is 0 Å². The van der Waals surface area contributed by atoms with Crippen molar-refractivity contribution in [2.45, 2.75) is 18.2 Å². The number of thioether (sulfide) groups is 1. The van der Waals surface area contributed by atoms with Gasteiger partial charge in [-0.05, 0) is 54.1 Å². The average Bonchev–Trinajstić information content (AvgIpc) is 3.15. The van der Waals surface area contributed by atoms with Gasteiger partial charge >= 0.3 is 5.97 Å². The van der Waals surface area contributed by atoms with Gasteiger partial charge in [-0.3, -0.25) is 14.5 Å². The maximum atomic E-state index is 14.3. The summed E-state index contributed by atoms with van der Waals surface area (Å²) in [6.45, 7) is 0.192. The van der Waals surface area contributed by atoms with Crippen LogP contribution >= 0.6 is 11.8 Å². The first-order valence-corrected chi connectivity index (χ1v) is 11.8. The standard InChI is InChI=1S/C26H22FN3O5S/c1-35-19-12-6-16(7-13-19)15-30-24(32)22(36-26(30)29-21-5-3-2-4-20(21)27)14-23(31)28-18-10-8-17(9-11-18)25(33)34/h2-13,22H,14-15H2,1H3,(H,28,31)(H,33,34)/t22-/m0/s1. The number of carbonyl (C=O) groups is 3. The number of carboxylic acid groups (broad SMARTS) is 1. The number of para-hydroxylation sites is 1. The Hall–Kier alpha value is -4.18. The molecule has 0 spiro atoms. The van der Waals surface area contributed by atoms with Crippen molar-refractivity contribution in [2.75, 3.05) is 12.4 Å². The monoisotopic (exact) mass is 507 g/mol. The highest BCUT2D eigenvalue weighted by molar-refractivity contribution is 8.15. The maximum absolute atomic E-state index is 14.3. The molecule has 36 heavy (non-hydrogen) atoms. The number of carboxylic acids is 1. The van der Waals surface area contributed by atoms with E-state index in [-0.39, 0.29) is 30.1 Å². The third-order valence-corrected chi connectivity index (χ3v) is 6.55. The molecule has 1 aliphatic rings. The zero-order valence-electron chi connectivity index (χ0n) is 19.2. The summed E-state index contributed by atoms with van der Waals surface area (Å²) in [5.41, 5.74) is 1.42. The van der Waals surface area contributed by atoms with Crippen LogP contribution in [0.5, 0.6) is 5.75 Å². The smallest absolute Gasteiger partial charge is 0.335 e. The summed E-state index contributed by atoms with van der Waals surface area (Å²) < 4.78 is 19.4. The van der Waals surface area contributed by atoms with Crippen molar-refractivity contribution in [3.63, 3.8) is 0 Å². The number of anilines is 1.